The molecule has 0 fully saturated rings. The number of anilines is 1. The molecule has 0 saturated carbocycles. The van der Waals surface area contributed by atoms with E-state index in [-0.39, 0.29) is 17.3 Å². The van der Waals surface area contributed by atoms with Crippen molar-refractivity contribution >= 4 is 27.5 Å². The first-order valence-electron chi connectivity index (χ1n) is 13.2. The molecule has 0 aromatic heterocycles. The Balaban J connectivity index is 2.02. The average molecular weight is 550 g/mol. The third kappa shape index (κ3) is 7.93. The summed E-state index contributed by atoms with van der Waals surface area (Å²) >= 11 is 0. The molecular formula is C31H39N3O4S. The van der Waals surface area contributed by atoms with Crippen LogP contribution in [0.5, 0.6) is 0 Å². The molecule has 1 N–H and O–H groups in total. The number of amides is 2. The molecular weight excluding hydrogens is 510 g/mol. The number of hydrogen-bond donors (Lipinski definition) is 1. The molecule has 0 radical (unpaired) electrons. The van der Waals surface area contributed by atoms with Gasteiger partial charge < -0.3 is 10.2 Å². The van der Waals surface area contributed by atoms with E-state index in [1.54, 1.807) is 37.3 Å². The van der Waals surface area contributed by atoms with Crippen LogP contribution in [0.1, 0.15) is 51.3 Å². The summed E-state index contributed by atoms with van der Waals surface area (Å²) < 4.78 is 28.7. The Bertz CT molecular complexity index is 1360. The Hall–Kier alpha value is -3.65. The van der Waals surface area contributed by atoms with E-state index >= 15 is 0 Å². The molecule has 0 aliphatic heterocycles. The fourth-order valence-corrected chi connectivity index (χ4v) is 5.53. The number of sulfonamides is 1. The zero-order valence-electron chi connectivity index (χ0n) is 23.6. The second-order valence-corrected chi connectivity index (χ2v) is 12.6. The molecule has 3 aromatic rings. The third-order valence-electron chi connectivity index (χ3n) is 6.38. The van der Waals surface area contributed by atoms with E-state index in [0.717, 1.165) is 27.4 Å². The predicted octanol–water partition coefficient (Wildman–Crippen LogP) is 5.08. The van der Waals surface area contributed by atoms with Crippen molar-refractivity contribution in [2.24, 2.45) is 0 Å². The van der Waals surface area contributed by atoms with Crippen LogP contribution in [-0.2, 0) is 32.6 Å². The van der Waals surface area contributed by atoms with Gasteiger partial charge in [0.1, 0.15) is 12.6 Å². The summed E-state index contributed by atoms with van der Waals surface area (Å²) in [6.45, 7) is 11.0. The lowest BCUT2D eigenvalue weighted by atomic mass is 10.1. The largest absolute Gasteiger partial charge is 0.350 e. The first kappa shape index (κ1) is 29.9. The molecule has 0 unspecified atom stereocenters. The van der Waals surface area contributed by atoms with Crippen molar-refractivity contribution in [1.82, 2.24) is 10.2 Å². The quantitative estimate of drug-likeness (QED) is 0.382. The molecule has 0 saturated heterocycles. The number of aryl methyl sites for hydroxylation is 2. The lowest BCUT2D eigenvalue weighted by Gasteiger charge is -2.33. The van der Waals surface area contributed by atoms with Gasteiger partial charge in [-0.15, -0.1) is 0 Å². The fraction of sp³-hybridized carbons (Fsp3) is 0.355. The van der Waals surface area contributed by atoms with Crippen LogP contribution in [0.2, 0.25) is 0 Å². The first-order chi connectivity index (χ1) is 18.3. The maximum absolute atomic E-state index is 14.0. The van der Waals surface area contributed by atoms with E-state index < -0.39 is 34.1 Å². The lowest BCUT2D eigenvalue weighted by molar-refractivity contribution is -0.140. The van der Waals surface area contributed by atoms with Gasteiger partial charge >= 0.3 is 0 Å². The maximum atomic E-state index is 14.0. The van der Waals surface area contributed by atoms with Crippen molar-refractivity contribution < 1.29 is 18.0 Å². The summed E-state index contributed by atoms with van der Waals surface area (Å²) in [5.74, 6) is -0.793. The Morgan fingerprint density at radius 1 is 0.872 bits per heavy atom. The highest BCUT2D eigenvalue weighted by molar-refractivity contribution is 7.92. The third-order valence-corrected chi connectivity index (χ3v) is 8.17. The van der Waals surface area contributed by atoms with Crippen molar-refractivity contribution in [3.8, 4) is 0 Å². The van der Waals surface area contributed by atoms with Crippen molar-refractivity contribution in [1.29, 1.82) is 0 Å². The molecule has 0 heterocycles. The van der Waals surface area contributed by atoms with E-state index in [1.807, 2.05) is 71.0 Å². The van der Waals surface area contributed by atoms with Gasteiger partial charge in [-0.2, -0.15) is 0 Å². The number of nitrogens with one attached hydrogen (secondary N) is 1. The Morgan fingerprint density at radius 2 is 1.44 bits per heavy atom. The average Bonchev–Trinajstić information content (AvgIpc) is 2.90. The summed E-state index contributed by atoms with van der Waals surface area (Å²) in [7, 11) is -4.07. The summed E-state index contributed by atoms with van der Waals surface area (Å²) in [6, 6.07) is 22.1. The first-order valence-corrected chi connectivity index (χ1v) is 14.6. The lowest BCUT2D eigenvalue weighted by Crippen LogP contribution is -2.54. The van der Waals surface area contributed by atoms with E-state index in [9.17, 15) is 18.0 Å². The van der Waals surface area contributed by atoms with Gasteiger partial charge in [0, 0.05) is 12.1 Å². The fourth-order valence-electron chi connectivity index (χ4n) is 4.09. The van der Waals surface area contributed by atoms with Crippen LogP contribution in [-0.4, -0.2) is 43.3 Å². The summed E-state index contributed by atoms with van der Waals surface area (Å²) in [5.41, 5.74) is 2.86. The van der Waals surface area contributed by atoms with Gasteiger partial charge in [0.15, 0.2) is 0 Å². The van der Waals surface area contributed by atoms with Crippen LogP contribution in [0, 0.1) is 6.92 Å². The zero-order valence-corrected chi connectivity index (χ0v) is 24.5. The number of rotatable bonds is 10. The zero-order chi connectivity index (χ0) is 28.8. The number of carbonyl (C=O) groups is 2. The minimum atomic E-state index is -4.07. The van der Waals surface area contributed by atoms with Crippen LogP contribution >= 0.6 is 0 Å². The smallest absolute Gasteiger partial charge is 0.264 e. The molecule has 39 heavy (non-hydrogen) atoms. The predicted molar refractivity (Wildman–Crippen MR) is 156 cm³/mol. The summed E-state index contributed by atoms with van der Waals surface area (Å²) in [4.78, 5) is 28.6. The SMILES string of the molecule is CCc1ccc(N(CC(=O)N(Cc2ccc(C)cc2)[C@H](C)C(=O)NC(C)(C)C)S(=O)(=O)c2ccccc2)cc1. The molecule has 0 aliphatic rings. The Kier molecular flexibility index (Phi) is 9.56. The van der Waals surface area contributed by atoms with Crippen molar-refractivity contribution in [3.05, 3.63) is 95.6 Å². The molecule has 7 nitrogen and oxygen atoms in total. The number of carbonyl (C=O) groups excluding carboxylic acids is 2. The minimum absolute atomic E-state index is 0.0842. The Morgan fingerprint density at radius 3 is 1.97 bits per heavy atom. The monoisotopic (exact) mass is 549 g/mol. The van der Waals surface area contributed by atoms with Gasteiger partial charge in [-0.25, -0.2) is 8.42 Å². The van der Waals surface area contributed by atoms with Crippen LogP contribution in [0.3, 0.4) is 0 Å². The minimum Gasteiger partial charge on any atom is -0.350 e. The van der Waals surface area contributed by atoms with Gasteiger partial charge in [0.2, 0.25) is 11.8 Å². The highest BCUT2D eigenvalue weighted by Gasteiger charge is 2.33. The second kappa shape index (κ2) is 12.5. The number of hydrogen-bond acceptors (Lipinski definition) is 4. The van der Waals surface area contributed by atoms with Crippen LogP contribution in [0.4, 0.5) is 5.69 Å². The molecule has 0 aliphatic carbocycles. The number of benzene rings is 3. The molecule has 208 valence electrons. The summed E-state index contributed by atoms with van der Waals surface area (Å²) in [5, 5.41) is 2.94. The van der Waals surface area contributed by atoms with E-state index in [0.29, 0.717) is 5.69 Å². The van der Waals surface area contributed by atoms with E-state index in [2.05, 4.69) is 5.32 Å². The van der Waals surface area contributed by atoms with Crippen molar-refractivity contribution in [2.75, 3.05) is 10.8 Å². The summed E-state index contributed by atoms with van der Waals surface area (Å²) in [6.07, 6.45) is 0.801. The van der Waals surface area contributed by atoms with Crippen LogP contribution < -0.4 is 9.62 Å². The second-order valence-electron chi connectivity index (χ2n) is 10.8. The highest BCUT2D eigenvalue weighted by Crippen LogP contribution is 2.25. The molecule has 2 amide bonds. The van der Waals surface area contributed by atoms with Gasteiger partial charge in [-0.1, -0.05) is 67.1 Å². The Labute approximate surface area is 232 Å². The van der Waals surface area contributed by atoms with Gasteiger partial charge in [-0.05, 0) is 76.4 Å². The standard InChI is InChI=1S/C31H39N3O4S/c1-7-25-17-19-27(20-18-25)34(39(37,38)28-11-9-8-10-12-28)22-29(35)33(21-26-15-13-23(2)14-16-26)24(3)30(36)32-31(4,5)6/h8-20,24H,7,21-22H2,1-6H3,(H,32,36)/t24-/m1/s1. The van der Waals surface area contributed by atoms with E-state index in [4.69, 9.17) is 0 Å². The molecule has 3 rings (SSSR count). The van der Waals surface area contributed by atoms with Crippen LogP contribution in [0.25, 0.3) is 0 Å². The van der Waals surface area contributed by atoms with Gasteiger partial charge in [0.05, 0.1) is 10.6 Å². The van der Waals surface area contributed by atoms with Crippen LogP contribution in [0.15, 0.2) is 83.8 Å². The van der Waals surface area contributed by atoms with Gasteiger partial charge in [0.25, 0.3) is 10.0 Å². The van der Waals surface area contributed by atoms with Crippen molar-refractivity contribution in [3.63, 3.8) is 0 Å². The van der Waals surface area contributed by atoms with E-state index in [1.165, 1.54) is 17.0 Å². The topological polar surface area (TPSA) is 86.8 Å². The normalized spacial score (nSPS) is 12.5. The number of nitrogens with zero attached hydrogens (tertiary/aromatic N) is 2. The highest BCUT2D eigenvalue weighted by atomic mass is 32.2. The van der Waals surface area contributed by atoms with Crippen molar-refractivity contribution in [2.45, 2.75) is 71.0 Å². The molecule has 8 heteroatoms. The maximum Gasteiger partial charge on any atom is 0.264 e. The molecule has 0 spiro atoms. The molecule has 1 atom stereocenters. The van der Waals surface area contributed by atoms with Gasteiger partial charge in [-0.3, -0.25) is 13.9 Å². The molecule has 0 bridgehead atoms. The molecule has 3 aromatic carbocycles.